The number of carbonyl (C=O) groups is 2. The lowest BCUT2D eigenvalue weighted by molar-refractivity contribution is 0.0527. The Bertz CT molecular complexity index is 261. The average Bonchev–Trinajstić information content (AvgIpc) is 2.22. The lowest BCUT2D eigenvalue weighted by atomic mass is 10.2. The molecule has 2 amide bonds. The smallest absolute Gasteiger partial charge is 0.407 e. The number of unbranched alkanes of at least 4 members (excludes halogenated alkanes) is 1. The summed E-state index contributed by atoms with van der Waals surface area (Å²) in [5.41, 5.74) is -0.517. The maximum atomic E-state index is 11.2. The molecule has 0 radical (unpaired) electrons. The van der Waals surface area contributed by atoms with Gasteiger partial charge in [-0.3, -0.25) is 0 Å². The van der Waals surface area contributed by atoms with E-state index in [1.54, 1.807) is 20.8 Å². The third kappa shape index (κ3) is 11.0. The van der Waals surface area contributed by atoms with Crippen molar-refractivity contribution in [2.45, 2.75) is 46.1 Å². The SMILES string of the molecule is CCCCOC(=O)NCCNC(=O)OC(C)(C)C. The first-order chi connectivity index (χ1) is 8.35. The summed E-state index contributed by atoms with van der Waals surface area (Å²) in [5.74, 6) is 0. The Balaban J connectivity index is 3.50. The van der Waals surface area contributed by atoms with Crippen LogP contribution in [0.1, 0.15) is 40.5 Å². The molecule has 0 rings (SSSR count). The molecule has 106 valence electrons. The maximum Gasteiger partial charge on any atom is 0.407 e. The van der Waals surface area contributed by atoms with E-state index >= 15 is 0 Å². The average molecular weight is 260 g/mol. The predicted octanol–water partition coefficient (Wildman–Crippen LogP) is 2.04. The molecule has 0 aliphatic rings. The molecule has 0 spiro atoms. The van der Waals surface area contributed by atoms with Gasteiger partial charge in [0.1, 0.15) is 5.60 Å². The zero-order valence-corrected chi connectivity index (χ0v) is 11.7. The van der Waals surface area contributed by atoms with Gasteiger partial charge in [-0.25, -0.2) is 9.59 Å². The largest absolute Gasteiger partial charge is 0.450 e. The van der Waals surface area contributed by atoms with E-state index in [4.69, 9.17) is 9.47 Å². The fourth-order valence-electron chi connectivity index (χ4n) is 1.00. The molecular formula is C12H24N2O4. The topological polar surface area (TPSA) is 76.7 Å². The van der Waals surface area contributed by atoms with Crippen molar-refractivity contribution in [3.05, 3.63) is 0 Å². The number of hydrogen-bond acceptors (Lipinski definition) is 4. The highest BCUT2D eigenvalue weighted by molar-refractivity contribution is 5.68. The fourth-order valence-corrected chi connectivity index (χ4v) is 1.00. The molecule has 6 heteroatoms. The van der Waals surface area contributed by atoms with Crippen LogP contribution in [0.25, 0.3) is 0 Å². The second-order valence-electron chi connectivity index (χ2n) is 4.84. The quantitative estimate of drug-likeness (QED) is 0.716. The van der Waals surface area contributed by atoms with E-state index in [9.17, 15) is 9.59 Å². The first kappa shape index (κ1) is 16.5. The van der Waals surface area contributed by atoms with Gasteiger partial charge in [0.25, 0.3) is 0 Å². The molecule has 0 saturated carbocycles. The summed E-state index contributed by atoms with van der Waals surface area (Å²) in [7, 11) is 0. The van der Waals surface area contributed by atoms with E-state index in [2.05, 4.69) is 10.6 Å². The van der Waals surface area contributed by atoms with Gasteiger partial charge in [-0.15, -0.1) is 0 Å². The lowest BCUT2D eigenvalue weighted by Crippen LogP contribution is -2.38. The molecule has 0 aliphatic carbocycles. The zero-order chi connectivity index (χ0) is 14.0. The van der Waals surface area contributed by atoms with Crippen LogP contribution in [0.3, 0.4) is 0 Å². The number of rotatable bonds is 6. The van der Waals surface area contributed by atoms with Crippen LogP contribution in [0, 0.1) is 0 Å². The van der Waals surface area contributed by atoms with Gasteiger partial charge in [-0.2, -0.15) is 0 Å². The molecule has 0 aromatic heterocycles. The summed E-state index contributed by atoms with van der Waals surface area (Å²) in [6.45, 7) is 8.41. The van der Waals surface area contributed by atoms with Gasteiger partial charge < -0.3 is 20.1 Å². The van der Waals surface area contributed by atoms with Gasteiger partial charge in [-0.1, -0.05) is 13.3 Å². The Morgan fingerprint density at radius 1 is 1.06 bits per heavy atom. The van der Waals surface area contributed by atoms with Crippen molar-refractivity contribution in [1.82, 2.24) is 10.6 Å². The number of nitrogens with one attached hydrogen (secondary N) is 2. The van der Waals surface area contributed by atoms with Gasteiger partial charge in [0.2, 0.25) is 0 Å². The van der Waals surface area contributed by atoms with E-state index < -0.39 is 17.8 Å². The van der Waals surface area contributed by atoms with Crippen LogP contribution in [-0.4, -0.2) is 37.5 Å². The summed E-state index contributed by atoms with van der Waals surface area (Å²) >= 11 is 0. The molecule has 6 nitrogen and oxygen atoms in total. The normalized spacial score (nSPS) is 10.7. The van der Waals surface area contributed by atoms with E-state index in [1.165, 1.54) is 0 Å². The van der Waals surface area contributed by atoms with Crippen LogP contribution in [0.4, 0.5) is 9.59 Å². The molecule has 2 N–H and O–H groups in total. The Hall–Kier alpha value is -1.46. The van der Waals surface area contributed by atoms with Crippen molar-refractivity contribution in [2.24, 2.45) is 0 Å². The number of hydrogen-bond donors (Lipinski definition) is 2. The van der Waals surface area contributed by atoms with Gasteiger partial charge in [0, 0.05) is 13.1 Å². The summed E-state index contributed by atoms with van der Waals surface area (Å²) in [6.07, 6.45) is 0.870. The predicted molar refractivity (Wildman–Crippen MR) is 68.5 cm³/mol. The van der Waals surface area contributed by atoms with Crippen molar-refractivity contribution in [3.8, 4) is 0 Å². The van der Waals surface area contributed by atoms with Crippen molar-refractivity contribution >= 4 is 12.2 Å². The molecule has 0 aromatic carbocycles. The first-order valence-electron chi connectivity index (χ1n) is 6.22. The highest BCUT2D eigenvalue weighted by Gasteiger charge is 2.15. The third-order valence-corrected chi connectivity index (χ3v) is 1.79. The molecule has 18 heavy (non-hydrogen) atoms. The van der Waals surface area contributed by atoms with E-state index in [-0.39, 0.29) is 0 Å². The number of ether oxygens (including phenoxy) is 2. The van der Waals surface area contributed by atoms with Crippen LogP contribution >= 0.6 is 0 Å². The monoisotopic (exact) mass is 260 g/mol. The number of amides is 2. The minimum absolute atomic E-state index is 0.303. The van der Waals surface area contributed by atoms with Crippen molar-refractivity contribution < 1.29 is 19.1 Å². The molecule has 0 aliphatic heterocycles. The first-order valence-corrected chi connectivity index (χ1v) is 6.22. The summed E-state index contributed by atoms with van der Waals surface area (Å²) in [5, 5.41) is 5.06. The highest BCUT2D eigenvalue weighted by Crippen LogP contribution is 2.05. The molecule has 0 heterocycles. The second kappa shape index (κ2) is 8.60. The zero-order valence-electron chi connectivity index (χ0n) is 11.7. The second-order valence-corrected chi connectivity index (χ2v) is 4.84. The summed E-state index contributed by atoms with van der Waals surface area (Å²) in [6, 6.07) is 0. The number of carbonyl (C=O) groups excluding carboxylic acids is 2. The lowest BCUT2D eigenvalue weighted by Gasteiger charge is -2.19. The third-order valence-electron chi connectivity index (χ3n) is 1.79. The van der Waals surface area contributed by atoms with E-state index in [1.807, 2.05) is 6.92 Å². The van der Waals surface area contributed by atoms with Crippen molar-refractivity contribution in [2.75, 3.05) is 19.7 Å². The van der Waals surface area contributed by atoms with E-state index in [0.717, 1.165) is 12.8 Å². The van der Waals surface area contributed by atoms with Crippen molar-refractivity contribution in [3.63, 3.8) is 0 Å². The molecule has 0 atom stereocenters. The Kier molecular flexibility index (Phi) is 7.91. The highest BCUT2D eigenvalue weighted by atomic mass is 16.6. The van der Waals surface area contributed by atoms with E-state index in [0.29, 0.717) is 19.7 Å². The van der Waals surface area contributed by atoms with Crippen LogP contribution in [0.5, 0.6) is 0 Å². The van der Waals surface area contributed by atoms with Gasteiger partial charge in [0.15, 0.2) is 0 Å². The van der Waals surface area contributed by atoms with Crippen molar-refractivity contribution in [1.29, 1.82) is 0 Å². The van der Waals surface area contributed by atoms with Crippen LogP contribution < -0.4 is 10.6 Å². The summed E-state index contributed by atoms with van der Waals surface area (Å²) in [4.78, 5) is 22.4. The Morgan fingerprint density at radius 3 is 2.11 bits per heavy atom. The molecule has 0 saturated heterocycles. The number of alkyl carbamates (subject to hydrolysis) is 2. The summed E-state index contributed by atoms with van der Waals surface area (Å²) < 4.78 is 9.91. The minimum Gasteiger partial charge on any atom is -0.450 e. The Morgan fingerprint density at radius 2 is 1.61 bits per heavy atom. The molecule has 0 unspecified atom stereocenters. The van der Waals surface area contributed by atoms with Gasteiger partial charge in [-0.05, 0) is 27.2 Å². The molecule has 0 aromatic rings. The molecular weight excluding hydrogens is 236 g/mol. The van der Waals surface area contributed by atoms with Crippen LogP contribution in [0.15, 0.2) is 0 Å². The van der Waals surface area contributed by atoms with Gasteiger partial charge >= 0.3 is 12.2 Å². The standard InChI is InChI=1S/C12H24N2O4/c1-5-6-9-17-10(15)13-7-8-14-11(16)18-12(2,3)4/h5-9H2,1-4H3,(H,13,15)(H,14,16). The minimum atomic E-state index is -0.517. The van der Waals surface area contributed by atoms with Crippen LogP contribution in [-0.2, 0) is 9.47 Å². The molecule has 0 fully saturated rings. The molecule has 0 bridgehead atoms. The van der Waals surface area contributed by atoms with Gasteiger partial charge in [0.05, 0.1) is 6.61 Å². The van der Waals surface area contributed by atoms with Crippen LogP contribution in [0.2, 0.25) is 0 Å². The fraction of sp³-hybridized carbons (Fsp3) is 0.833. The Labute approximate surface area is 108 Å². The maximum absolute atomic E-state index is 11.2.